The minimum absolute atomic E-state index is 0.0160. The Balaban J connectivity index is 1.76. The van der Waals surface area contributed by atoms with Gasteiger partial charge >= 0.3 is 12.2 Å². The van der Waals surface area contributed by atoms with Crippen molar-refractivity contribution in [3.63, 3.8) is 0 Å². The number of nitrogens with zero attached hydrogens (tertiary/aromatic N) is 2. The molecule has 3 rings (SSSR count). The average Bonchev–Trinajstić information content (AvgIpc) is 3.54. The maximum Gasteiger partial charge on any atom is 0.417 e. The zero-order chi connectivity index (χ0) is 31.7. The van der Waals surface area contributed by atoms with Crippen molar-refractivity contribution in [3.05, 3.63) is 90.0 Å². The van der Waals surface area contributed by atoms with Crippen molar-refractivity contribution in [2.75, 3.05) is 13.1 Å². The van der Waals surface area contributed by atoms with E-state index in [9.17, 15) is 24.0 Å². The lowest BCUT2D eigenvalue weighted by molar-refractivity contribution is -0.137. The zero-order valence-corrected chi connectivity index (χ0v) is 24.1. The number of amides is 5. The Morgan fingerprint density at radius 3 is 2.07 bits per heavy atom. The van der Waals surface area contributed by atoms with E-state index in [0.29, 0.717) is 35.5 Å². The Morgan fingerprint density at radius 1 is 0.864 bits per heavy atom. The molecular formula is C30H37N7O7. The quantitative estimate of drug-likeness (QED) is 0.149. The van der Waals surface area contributed by atoms with Crippen LogP contribution >= 0.6 is 0 Å². The van der Waals surface area contributed by atoms with Crippen molar-refractivity contribution < 1.29 is 33.4 Å². The molecule has 3 aromatic rings. The first-order chi connectivity index (χ1) is 21.3. The highest BCUT2D eigenvalue weighted by atomic mass is 16.6. The van der Waals surface area contributed by atoms with Gasteiger partial charge in [-0.1, -0.05) is 60.7 Å². The minimum atomic E-state index is -1.37. The van der Waals surface area contributed by atoms with Crippen LogP contribution in [0.25, 0.3) is 0 Å². The van der Waals surface area contributed by atoms with E-state index in [4.69, 9.17) is 20.9 Å². The highest BCUT2D eigenvalue weighted by molar-refractivity contribution is 6.00. The predicted molar refractivity (Wildman–Crippen MR) is 158 cm³/mol. The van der Waals surface area contributed by atoms with Gasteiger partial charge in [0.15, 0.2) is 0 Å². The van der Waals surface area contributed by atoms with Gasteiger partial charge in [-0.05, 0) is 36.9 Å². The number of hydrogen-bond acceptors (Lipinski definition) is 9. The molecule has 1 heterocycles. The van der Waals surface area contributed by atoms with Crippen molar-refractivity contribution in [2.24, 2.45) is 11.5 Å². The number of rotatable bonds is 16. The minimum Gasteiger partial charge on any atom is -0.445 e. The summed E-state index contributed by atoms with van der Waals surface area (Å²) < 4.78 is 10.5. The maximum absolute atomic E-state index is 13.7. The van der Waals surface area contributed by atoms with Crippen molar-refractivity contribution in [1.82, 2.24) is 25.5 Å². The number of carbonyl (C=O) groups excluding carboxylic acids is 5. The second kappa shape index (κ2) is 17.7. The molecule has 0 unspecified atom stereocenters. The topological polar surface area (TPSA) is 212 Å². The third kappa shape index (κ3) is 11.2. The number of alkyl carbamates (subject to hydrolysis) is 1. The summed E-state index contributed by atoms with van der Waals surface area (Å²) in [5.41, 5.74) is 12.8. The normalized spacial score (nSPS) is 11.9. The molecule has 2 aromatic carbocycles. The fraction of sp³-hybridized carbons (Fsp3) is 0.333. The van der Waals surface area contributed by atoms with Crippen LogP contribution in [0, 0.1) is 0 Å². The van der Waals surface area contributed by atoms with Crippen LogP contribution in [0.3, 0.4) is 0 Å². The maximum atomic E-state index is 13.7. The van der Waals surface area contributed by atoms with Gasteiger partial charge in [-0.25, -0.2) is 19.5 Å². The molecule has 7 N–H and O–H groups in total. The number of aromatic amines is 1. The van der Waals surface area contributed by atoms with Gasteiger partial charge in [-0.3, -0.25) is 14.4 Å². The van der Waals surface area contributed by atoms with Crippen LogP contribution in [0.4, 0.5) is 9.59 Å². The van der Waals surface area contributed by atoms with Crippen LogP contribution < -0.4 is 22.1 Å². The van der Waals surface area contributed by atoms with Crippen molar-refractivity contribution in [2.45, 2.75) is 51.0 Å². The number of primary amides is 1. The number of aromatic nitrogens is 2. The van der Waals surface area contributed by atoms with Gasteiger partial charge in [0.2, 0.25) is 11.8 Å². The lowest BCUT2D eigenvalue weighted by Crippen LogP contribution is -2.57. The van der Waals surface area contributed by atoms with Gasteiger partial charge in [0.05, 0.1) is 6.33 Å². The lowest BCUT2D eigenvalue weighted by atomic mass is 10.1. The fourth-order valence-corrected chi connectivity index (χ4v) is 4.13. The molecule has 5 amide bonds. The lowest BCUT2D eigenvalue weighted by Gasteiger charge is -2.27. The number of nitrogens with two attached hydrogens (primary N) is 2. The third-order valence-electron chi connectivity index (χ3n) is 6.37. The summed E-state index contributed by atoms with van der Waals surface area (Å²) in [7, 11) is 0. The smallest absolute Gasteiger partial charge is 0.417 e. The molecular weight excluding hydrogens is 570 g/mol. The number of unbranched alkanes of at least 4 members (excludes halogenated alkanes) is 1. The molecule has 0 saturated heterocycles. The number of imidazole rings is 1. The van der Waals surface area contributed by atoms with Crippen molar-refractivity contribution in [3.8, 4) is 0 Å². The summed E-state index contributed by atoms with van der Waals surface area (Å²) in [5, 5.41) is 5.15. The largest absolute Gasteiger partial charge is 0.445 e. The molecule has 0 bridgehead atoms. The van der Waals surface area contributed by atoms with E-state index in [-0.39, 0.29) is 26.1 Å². The molecule has 0 spiro atoms. The SMILES string of the molecule is NCCCC[C@H](NC(=O)OCc1ccccc1)C(=O)N[C@@H](Cc1cnc[nH]1)C(=O)N(CC(N)=O)C(=O)OCc1ccccc1. The van der Waals surface area contributed by atoms with Crippen LogP contribution in [0.5, 0.6) is 0 Å². The van der Waals surface area contributed by atoms with E-state index in [1.165, 1.54) is 12.5 Å². The number of nitrogens with one attached hydrogen (secondary N) is 3. The first-order valence-corrected chi connectivity index (χ1v) is 14.0. The molecule has 44 heavy (non-hydrogen) atoms. The fourth-order valence-electron chi connectivity index (χ4n) is 4.13. The van der Waals surface area contributed by atoms with Gasteiger partial charge in [0.25, 0.3) is 5.91 Å². The van der Waals surface area contributed by atoms with Gasteiger partial charge in [0, 0.05) is 18.3 Å². The van der Waals surface area contributed by atoms with E-state index in [2.05, 4.69) is 20.6 Å². The van der Waals surface area contributed by atoms with Crippen LogP contribution in [0.15, 0.2) is 73.2 Å². The van der Waals surface area contributed by atoms with Gasteiger partial charge in [-0.15, -0.1) is 0 Å². The van der Waals surface area contributed by atoms with Crippen molar-refractivity contribution in [1.29, 1.82) is 0 Å². The van der Waals surface area contributed by atoms with Crippen molar-refractivity contribution >= 4 is 29.9 Å². The molecule has 0 fully saturated rings. The van der Waals surface area contributed by atoms with Crippen LogP contribution in [-0.2, 0) is 43.5 Å². The van der Waals surface area contributed by atoms with E-state index in [1.807, 2.05) is 6.07 Å². The van der Waals surface area contributed by atoms with E-state index in [0.717, 1.165) is 5.56 Å². The van der Waals surface area contributed by atoms with E-state index >= 15 is 0 Å². The molecule has 0 aliphatic heterocycles. The summed E-state index contributed by atoms with van der Waals surface area (Å²) in [6.07, 6.45) is 2.01. The number of ether oxygens (including phenoxy) is 2. The molecule has 14 nitrogen and oxygen atoms in total. The predicted octanol–water partition coefficient (Wildman–Crippen LogP) is 1.51. The number of benzene rings is 2. The van der Waals surface area contributed by atoms with Crippen LogP contribution in [0.2, 0.25) is 0 Å². The number of H-pyrrole nitrogens is 1. The number of carbonyl (C=O) groups is 5. The standard InChI is InChI=1S/C30H37N7O7/c31-14-8-7-13-24(36-29(41)43-18-21-9-3-1-4-10-21)27(39)35-25(15-23-16-33-20-34-23)28(40)37(17-26(32)38)30(42)44-19-22-11-5-2-6-12-22/h1-6,9-12,16,20,24-25H,7-8,13-15,17-19,31H2,(H2,32,38)(H,33,34)(H,35,39)(H,36,41)/t24-,25-/m0/s1. The Labute approximate surface area is 254 Å². The Hall–Kier alpha value is -5.24. The number of hydrogen-bond donors (Lipinski definition) is 5. The average molecular weight is 608 g/mol. The first kappa shape index (κ1) is 33.3. The molecule has 14 heteroatoms. The first-order valence-electron chi connectivity index (χ1n) is 14.0. The summed E-state index contributed by atoms with van der Waals surface area (Å²) in [5.74, 6) is -2.63. The highest BCUT2D eigenvalue weighted by Crippen LogP contribution is 2.10. The summed E-state index contributed by atoms with van der Waals surface area (Å²) >= 11 is 0. The number of imide groups is 1. The second-order valence-electron chi connectivity index (χ2n) is 9.82. The van der Waals surface area contributed by atoms with Crippen LogP contribution in [0.1, 0.15) is 36.1 Å². The van der Waals surface area contributed by atoms with Gasteiger partial charge in [0.1, 0.15) is 31.8 Å². The Morgan fingerprint density at radius 2 is 1.50 bits per heavy atom. The molecule has 0 aliphatic rings. The monoisotopic (exact) mass is 607 g/mol. The molecule has 234 valence electrons. The summed E-state index contributed by atoms with van der Waals surface area (Å²) in [6, 6.07) is 15.3. The molecule has 0 radical (unpaired) electrons. The summed E-state index contributed by atoms with van der Waals surface area (Å²) in [4.78, 5) is 71.9. The van der Waals surface area contributed by atoms with Gasteiger partial charge in [-0.2, -0.15) is 0 Å². The molecule has 0 saturated carbocycles. The van der Waals surface area contributed by atoms with Crippen LogP contribution in [-0.4, -0.2) is 69.9 Å². The summed E-state index contributed by atoms with van der Waals surface area (Å²) in [6.45, 7) is -0.595. The van der Waals surface area contributed by atoms with Gasteiger partial charge < -0.3 is 36.6 Å². The molecule has 0 aliphatic carbocycles. The third-order valence-corrected chi connectivity index (χ3v) is 6.37. The molecule has 1 aromatic heterocycles. The molecule has 2 atom stereocenters. The second-order valence-corrected chi connectivity index (χ2v) is 9.82. The van der Waals surface area contributed by atoms with E-state index in [1.54, 1.807) is 54.6 Å². The highest BCUT2D eigenvalue weighted by Gasteiger charge is 2.34. The zero-order valence-electron chi connectivity index (χ0n) is 24.1. The van der Waals surface area contributed by atoms with E-state index < -0.39 is 48.5 Å². The Kier molecular flexibility index (Phi) is 13.3. The Bertz CT molecular complexity index is 1350.